The molecule has 0 saturated carbocycles. The van der Waals surface area contributed by atoms with Crippen LogP contribution in [0.2, 0.25) is 5.02 Å². The highest BCUT2D eigenvalue weighted by Gasteiger charge is 2.29. The van der Waals surface area contributed by atoms with Crippen LogP contribution in [0.15, 0.2) is 47.4 Å². The van der Waals surface area contributed by atoms with Gasteiger partial charge in [-0.15, -0.1) is 11.8 Å². The number of thioether (sulfide) groups is 1. The molecule has 0 aliphatic carbocycles. The van der Waals surface area contributed by atoms with Crippen molar-refractivity contribution in [1.29, 1.82) is 0 Å². The average molecular weight is 322 g/mol. The van der Waals surface area contributed by atoms with E-state index in [1.165, 1.54) is 16.5 Å². The number of fused-ring (bicyclic) bond motifs is 1. The van der Waals surface area contributed by atoms with Crippen molar-refractivity contribution in [1.82, 2.24) is 5.32 Å². The number of rotatable bonds is 4. The summed E-state index contributed by atoms with van der Waals surface area (Å²) in [6.45, 7) is 0. The van der Waals surface area contributed by atoms with E-state index in [-0.39, 0.29) is 11.9 Å². The average Bonchev–Trinajstić information content (AvgIpc) is 2.91. The summed E-state index contributed by atoms with van der Waals surface area (Å²) < 4.78 is 14.0. The Balaban J connectivity index is 1.83. The molecule has 3 rings (SSSR count). The van der Waals surface area contributed by atoms with Crippen LogP contribution >= 0.6 is 23.4 Å². The van der Waals surface area contributed by atoms with Crippen molar-refractivity contribution in [2.24, 2.45) is 0 Å². The number of nitrogens with one attached hydrogen (secondary N) is 1. The SMILES string of the molecule is CNC(Cc1ccc(Cl)cc1F)C1CSc2ccccc21. The smallest absolute Gasteiger partial charge is 0.127 e. The lowest BCUT2D eigenvalue weighted by Crippen LogP contribution is -2.34. The maximum atomic E-state index is 14.0. The normalized spacial score (nSPS) is 18.5. The molecule has 1 aliphatic rings. The van der Waals surface area contributed by atoms with E-state index in [0.717, 1.165) is 5.75 Å². The fraction of sp³-hybridized carbons (Fsp3) is 0.294. The quantitative estimate of drug-likeness (QED) is 0.890. The van der Waals surface area contributed by atoms with Crippen LogP contribution in [0.1, 0.15) is 17.0 Å². The maximum Gasteiger partial charge on any atom is 0.127 e. The molecule has 0 fully saturated rings. The van der Waals surface area contributed by atoms with Crippen LogP contribution < -0.4 is 5.32 Å². The van der Waals surface area contributed by atoms with Gasteiger partial charge in [0.25, 0.3) is 0 Å². The van der Waals surface area contributed by atoms with Crippen LogP contribution in [0.4, 0.5) is 4.39 Å². The summed E-state index contributed by atoms with van der Waals surface area (Å²) in [7, 11) is 1.95. The highest BCUT2D eigenvalue weighted by atomic mass is 35.5. The number of hydrogen-bond donors (Lipinski definition) is 1. The molecule has 0 bridgehead atoms. The highest BCUT2D eigenvalue weighted by molar-refractivity contribution is 7.99. The lowest BCUT2D eigenvalue weighted by atomic mass is 9.89. The van der Waals surface area contributed by atoms with Crippen molar-refractivity contribution in [3.63, 3.8) is 0 Å². The van der Waals surface area contributed by atoms with E-state index in [0.29, 0.717) is 22.9 Å². The molecule has 2 aromatic rings. The fourth-order valence-corrected chi connectivity index (χ4v) is 4.38. The van der Waals surface area contributed by atoms with Gasteiger partial charge in [-0.1, -0.05) is 35.9 Å². The number of hydrogen-bond acceptors (Lipinski definition) is 2. The molecule has 1 aliphatic heterocycles. The predicted molar refractivity (Wildman–Crippen MR) is 87.9 cm³/mol. The van der Waals surface area contributed by atoms with Crippen molar-refractivity contribution in [3.05, 3.63) is 64.4 Å². The molecule has 110 valence electrons. The summed E-state index contributed by atoms with van der Waals surface area (Å²) in [5.41, 5.74) is 2.09. The Morgan fingerprint density at radius 3 is 2.90 bits per heavy atom. The summed E-state index contributed by atoms with van der Waals surface area (Å²) in [4.78, 5) is 1.35. The van der Waals surface area contributed by atoms with Crippen LogP contribution in [0.3, 0.4) is 0 Å². The zero-order valence-electron chi connectivity index (χ0n) is 11.8. The summed E-state index contributed by atoms with van der Waals surface area (Å²) >= 11 is 7.70. The Morgan fingerprint density at radius 1 is 1.33 bits per heavy atom. The van der Waals surface area contributed by atoms with Crippen molar-refractivity contribution >= 4 is 23.4 Å². The second kappa shape index (κ2) is 6.39. The first kappa shape index (κ1) is 14.9. The lowest BCUT2D eigenvalue weighted by molar-refractivity contribution is 0.477. The predicted octanol–water partition coefficient (Wildman–Crippen LogP) is 4.50. The summed E-state index contributed by atoms with van der Waals surface area (Å²) in [6, 6.07) is 13.6. The largest absolute Gasteiger partial charge is 0.316 e. The minimum absolute atomic E-state index is 0.219. The molecule has 1 heterocycles. The Labute approximate surface area is 133 Å². The first-order valence-electron chi connectivity index (χ1n) is 7.02. The van der Waals surface area contributed by atoms with Crippen LogP contribution in [0.5, 0.6) is 0 Å². The first-order valence-corrected chi connectivity index (χ1v) is 8.38. The Bertz CT molecular complexity index is 646. The van der Waals surface area contributed by atoms with E-state index in [4.69, 9.17) is 11.6 Å². The number of likely N-dealkylation sites (N-methyl/N-ethyl adjacent to an activating group) is 1. The van der Waals surface area contributed by atoms with Crippen molar-refractivity contribution in [2.45, 2.75) is 23.3 Å². The van der Waals surface area contributed by atoms with Crippen molar-refractivity contribution in [2.75, 3.05) is 12.8 Å². The standard InChI is InChI=1S/C17H17ClFNS/c1-20-16(8-11-6-7-12(18)9-15(11)19)14-10-21-17-5-3-2-4-13(14)17/h2-7,9,14,16,20H,8,10H2,1H3. The molecule has 0 spiro atoms. The second-order valence-corrected chi connectivity index (χ2v) is 6.79. The third kappa shape index (κ3) is 3.10. The van der Waals surface area contributed by atoms with E-state index >= 15 is 0 Å². The second-order valence-electron chi connectivity index (χ2n) is 5.29. The van der Waals surface area contributed by atoms with Gasteiger partial charge >= 0.3 is 0 Å². The zero-order chi connectivity index (χ0) is 14.8. The molecule has 0 radical (unpaired) electrons. The Morgan fingerprint density at radius 2 is 2.14 bits per heavy atom. The van der Waals surface area contributed by atoms with Gasteiger partial charge in [-0.3, -0.25) is 0 Å². The molecule has 0 saturated heterocycles. The molecule has 2 unspecified atom stereocenters. The van der Waals surface area contributed by atoms with Gasteiger partial charge in [-0.05, 0) is 42.8 Å². The maximum absolute atomic E-state index is 14.0. The first-order chi connectivity index (χ1) is 10.2. The molecule has 2 aromatic carbocycles. The van der Waals surface area contributed by atoms with E-state index in [1.54, 1.807) is 12.1 Å². The van der Waals surface area contributed by atoms with E-state index < -0.39 is 0 Å². The van der Waals surface area contributed by atoms with Gasteiger partial charge in [0.15, 0.2) is 0 Å². The molecule has 21 heavy (non-hydrogen) atoms. The van der Waals surface area contributed by atoms with Crippen LogP contribution in [0, 0.1) is 5.82 Å². The number of halogens is 2. The molecule has 0 amide bonds. The monoisotopic (exact) mass is 321 g/mol. The topological polar surface area (TPSA) is 12.0 Å². The lowest BCUT2D eigenvalue weighted by Gasteiger charge is -2.24. The minimum atomic E-state index is -0.221. The van der Waals surface area contributed by atoms with Gasteiger partial charge in [0.2, 0.25) is 0 Å². The van der Waals surface area contributed by atoms with Gasteiger partial charge in [-0.2, -0.15) is 0 Å². The van der Waals surface area contributed by atoms with Crippen LogP contribution in [-0.4, -0.2) is 18.8 Å². The summed E-state index contributed by atoms with van der Waals surface area (Å²) in [5, 5.41) is 3.81. The Hall–Kier alpha value is -1.03. The van der Waals surface area contributed by atoms with Gasteiger partial charge in [0, 0.05) is 27.6 Å². The minimum Gasteiger partial charge on any atom is -0.316 e. The zero-order valence-corrected chi connectivity index (χ0v) is 13.3. The van der Waals surface area contributed by atoms with Gasteiger partial charge in [-0.25, -0.2) is 4.39 Å². The molecule has 1 N–H and O–H groups in total. The number of benzene rings is 2. The van der Waals surface area contributed by atoms with Crippen molar-refractivity contribution in [3.8, 4) is 0 Å². The third-order valence-electron chi connectivity index (χ3n) is 4.05. The van der Waals surface area contributed by atoms with E-state index in [2.05, 4.69) is 29.6 Å². The summed E-state index contributed by atoms with van der Waals surface area (Å²) in [6.07, 6.45) is 0.666. The molecule has 2 atom stereocenters. The molecule has 1 nitrogen and oxygen atoms in total. The Kier molecular flexibility index (Phi) is 4.53. The van der Waals surface area contributed by atoms with Gasteiger partial charge < -0.3 is 5.32 Å². The highest BCUT2D eigenvalue weighted by Crippen LogP contribution is 2.41. The van der Waals surface area contributed by atoms with Gasteiger partial charge in [0.1, 0.15) is 5.82 Å². The third-order valence-corrected chi connectivity index (χ3v) is 5.49. The van der Waals surface area contributed by atoms with Gasteiger partial charge in [0.05, 0.1) is 0 Å². The van der Waals surface area contributed by atoms with Crippen LogP contribution in [-0.2, 0) is 6.42 Å². The van der Waals surface area contributed by atoms with Crippen LogP contribution in [0.25, 0.3) is 0 Å². The molecular weight excluding hydrogens is 305 g/mol. The van der Waals surface area contributed by atoms with E-state index in [9.17, 15) is 4.39 Å². The van der Waals surface area contributed by atoms with E-state index in [1.807, 2.05) is 18.8 Å². The molecular formula is C17H17ClFNS. The fourth-order valence-electron chi connectivity index (χ4n) is 2.89. The van der Waals surface area contributed by atoms with Crippen molar-refractivity contribution < 1.29 is 4.39 Å². The molecule has 0 aromatic heterocycles. The molecule has 4 heteroatoms. The summed E-state index contributed by atoms with van der Waals surface area (Å²) in [5.74, 6) is 1.23.